The van der Waals surface area contributed by atoms with Crippen LogP contribution in [0.2, 0.25) is 0 Å². The third-order valence-corrected chi connectivity index (χ3v) is 24.0. The topological polar surface area (TPSA) is 19.4 Å². The molecule has 0 spiro atoms. The maximum absolute atomic E-state index is 2.69. The normalized spacial score (nSPS) is 14.4. The van der Waals surface area contributed by atoms with Crippen molar-refractivity contribution in [1.29, 1.82) is 0 Å². The van der Waals surface area contributed by atoms with Gasteiger partial charge in [0.2, 0.25) is 0 Å². The number of hydrogen-bond donors (Lipinski definition) is 0. The van der Waals surface area contributed by atoms with Gasteiger partial charge in [-0.2, -0.15) is 0 Å². The SMILES string of the molecule is Cc1c2c(c(C)c3c1B1c4ccccc4N(c4ccccc4)c4c1c(cc1c4C(C)(C)c4cc(N(c5ccccc5)c5ccccc5)ccc4-1)N3c1ccccc1)N(c1ccccc1)c1cc3c(c4c1B2c1ccccc1N4c1ccccc1)C(C)(C)c1cc(N(c2ccccc2)c2ccccc2)ccc1-3. The molecule has 0 N–H and O–H groups in total. The van der Waals surface area contributed by atoms with Crippen LogP contribution in [0.15, 0.2) is 340 Å². The van der Waals surface area contributed by atoms with Crippen molar-refractivity contribution in [1.82, 2.24) is 0 Å². The molecule has 0 saturated heterocycles. The van der Waals surface area contributed by atoms with E-state index in [0.717, 1.165) is 56.9 Å². The molecule has 4 aliphatic heterocycles. The third kappa shape index (κ3) is 8.76. The summed E-state index contributed by atoms with van der Waals surface area (Å²) < 4.78 is 0. The molecule has 0 aromatic heterocycles. The predicted molar refractivity (Wildman–Crippen MR) is 448 cm³/mol. The highest BCUT2D eigenvalue weighted by Gasteiger charge is 2.55. The van der Waals surface area contributed by atoms with E-state index in [4.69, 9.17) is 0 Å². The van der Waals surface area contributed by atoms with E-state index in [-0.39, 0.29) is 13.4 Å². The van der Waals surface area contributed by atoms with Gasteiger partial charge >= 0.3 is 0 Å². The van der Waals surface area contributed by atoms with E-state index in [1.54, 1.807) is 0 Å². The van der Waals surface area contributed by atoms with Gasteiger partial charge in [0.1, 0.15) is 0 Å². The highest BCUT2D eigenvalue weighted by molar-refractivity contribution is 7.04. The summed E-state index contributed by atoms with van der Waals surface area (Å²) in [4.78, 5) is 15.5. The largest absolute Gasteiger partial charge is 0.311 e. The molecule has 0 amide bonds. The Morgan fingerprint density at radius 1 is 0.245 bits per heavy atom. The molecule has 0 fully saturated rings. The highest BCUT2D eigenvalue weighted by Crippen LogP contribution is 2.62. The van der Waals surface area contributed by atoms with Crippen molar-refractivity contribution in [2.45, 2.75) is 52.4 Å². The molecule has 4 heterocycles. The van der Waals surface area contributed by atoms with Crippen LogP contribution in [0.5, 0.6) is 0 Å². The van der Waals surface area contributed by atoms with E-state index in [9.17, 15) is 0 Å². The first kappa shape index (κ1) is 61.9. The molecule has 15 aromatic rings. The molecule has 0 atom stereocenters. The summed E-state index contributed by atoms with van der Waals surface area (Å²) in [6.45, 7) is 14.6. The molecule has 0 saturated carbocycles. The van der Waals surface area contributed by atoms with Gasteiger partial charge in [-0.05, 0) is 242 Å². The molecule has 0 unspecified atom stereocenters. The Labute approximate surface area is 621 Å². The fourth-order valence-electron chi connectivity index (χ4n) is 19.7. The Hall–Kier alpha value is -12.8. The van der Waals surface area contributed by atoms with Crippen LogP contribution in [-0.2, 0) is 10.8 Å². The third-order valence-electron chi connectivity index (χ3n) is 24.0. The minimum atomic E-state index is -0.474. The van der Waals surface area contributed by atoms with E-state index >= 15 is 0 Å². The Bertz CT molecular complexity index is 5630. The second-order valence-corrected chi connectivity index (χ2v) is 30.3. The van der Waals surface area contributed by atoms with Crippen LogP contribution in [0.4, 0.5) is 102 Å². The summed E-state index contributed by atoms with van der Waals surface area (Å²) >= 11 is 0. The number of benzene rings is 15. The Balaban J connectivity index is 0.865. The van der Waals surface area contributed by atoms with Crippen molar-refractivity contribution in [3.8, 4) is 22.3 Å². The Morgan fingerprint density at radius 2 is 0.528 bits per heavy atom. The summed E-state index contributed by atoms with van der Waals surface area (Å²) in [5.41, 5.74) is 40.8. The molecule has 21 rings (SSSR count). The fraction of sp³-hybridized carbons (Fsp3) is 0.0816. The van der Waals surface area contributed by atoms with Crippen molar-refractivity contribution in [2.24, 2.45) is 0 Å². The molecule has 6 nitrogen and oxygen atoms in total. The van der Waals surface area contributed by atoms with Crippen LogP contribution >= 0.6 is 0 Å². The van der Waals surface area contributed by atoms with Crippen LogP contribution in [0.1, 0.15) is 61.1 Å². The fourth-order valence-corrected chi connectivity index (χ4v) is 19.7. The Morgan fingerprint density at radius 3 is 0.849 bits per heavy atom. The molecule has 0 bridgehead atoms. The van der Waals surface area contributed by atoms with Crippen molar-refractivity contribution in [3.63, 3.8) is 0 Å². The van der Waals surface area contributed by atoms with Crippen LogP contribution in [0, 0.1) is 13.8 Å². The quantitative estimate of drug-likeness (QED) is 0.126. The van der Waals surface area contributed by atoms with Gasteiger partial charge in [-0.1, -0.05) is 227 Å². The molecule has 502 valence electrons. The number of hydrogen-bond acceptors (Lipinski definition) is 6. The zero-order chi connectivity index (χ0) is 70.8. The lowest BCUT2D eigenvalue weighted by Gasteiger charge is -2.50. The van der Waals surface area contributed by atoms with Crippen molar-refractivity contribution >= 4 is 149 Å². The van der Waals surface area contributed by atoms with E-state index in [0.29, 0.717) is 0 Å². The van der Waals surface area contributed by atoms with E-state index in [1.165, 1.54) is 134 Å². The van der Waals surface area contributed by atoms with Crippen molar-refractivity contribution in [2.75, 3.05) is 29.4 Å². The maximum atomic E-state index is 2.69. The number of para-hydroxylation sites is 10. The number of anilines is 18. The van der Waals surface area contributed by atoms with Gasteiger partial charge in [-0.3, -0.25) is 0 Å². The first-order chi connectivity index (χ1) is 52.0. The first-order valence-electron chi connectivity index (χ1n) is 37.3. The van der Waals surface area contributed by atoms with Crippen LogP contribution < -0.4 is 62.2 Å². The smallest absolute Gasteiger partial charge is 0.252 e. The lowest BCUT2D eigenvalue weighted by Crippen LogP contribution is -2.67. The number of fused-ring (bicyclic) bond motifs is 16. The van der Waals surface area contributed by atoms with E-state index < -0.39 is 10.8 Å². The lowest BCUT2D eigenvalue weighted by atomic mass is 9.28. The number of nitrogens with zero attached hydrogens (tertiary/aromatic N) is 6. The molecule has 2 aliphatic carbocycles. The Kier molecular flexibility index (Phi) is 13.6. The van der Waals surface area contributed by atoms with Crippen LogP contribution in [0.3, 0.4) is 0 Å². The zero-order valence-electron chi connectivity index (χ0n) is 60.2. The van der Waals surface area contributed by atoms with Gasteiger partial charge in [0.25, 0.3) is 13.4 Å². The van der Waals surface area contributed by atoms with Crippen LogP contribution in [-0.4, -0.2) is 13.4 Å². The van der Waals surface area contributed by atoms with Crippen LogP contribution in [0.25, 0.3) is 22.3 Å². The van der Waals surface area contributed by atoms with Gasteiger partial charge < -0.3 is 29.4 Å². The minimum absolute atomic E-state index is 0.188. The molecular formula is C98H74B2N6. The van der Waals surface area contributed by atoms with Crippen molar-refractivity contribution < 1.29 is 0 Å². The number of rotatable bonds is 10. The van der Waals surface area contributed by atoms with Gasteiger partial charge in [0.05, 0.1) is 0 Å². The summed E-state index contributed by atoms with van der Waals surface area (Å²) in [5.74, 6) is 0. The average Bonchev–Trinajstić information content (AvgIpc) is 1.22. The molecular weight excluding hydrogens is 1280 g/mol. The summed E-state index contributed by atoms with van der Waals surface area (Å²) in [5, 5.41) is 0. The first-order valence-corrected chi connectivity index (χ1v) is 37.3. The molecule has 0 radical (unpaired) electrons. The molecule has 106 heavy (non-hydrogen) atoms. The molecule has 8 heteroatoms. The summed E-state index contributed by atoms with van der Waals surface area (Å²) in [6, 6.07) is 127. The second-order valence-electron chi connectivity index (χ2n) is 30.3. The lowest BCUT2D eigenvalue weighted by molar-refractivity contribution is 0.661. The van der Waals surface area contributed by atoms with E-state index in [1.807, 2.05) is 0 Å². The molecule has 15 aromatic carbocycles. The summed E-state index contributed by atoms with van der Waals surface area (Å²) in [7, 11) is 0. The predicted octanol–water partition coefficient (Wildman–Crippen LogP) is 22.0. The zero-order valence-corrected chi connectivity index (χ0v) is 60.2. The average molecular weight is 1360 g/mol. The van der Waals surface area contributed by atoms with Gasteiger partial charge in [0.15, 0.2) is 0 Å². The van der Waals surface area contributed by atoms with Gasteiger partial charge in [-0.25, -0.2) is 0 Å². The van der Waals surface area contributed by atoms with Gasteiger partial charge in [0, 0.05) is 113 Å². The second kappa shape index (κ2) is 23.4. The van der Waals surface area contributed by atoms with Gasteiger partial charge in [-0.15, -0.1) is 0 Å². The maximum Gasteiger partial charge on any atom is 0.252 e. The van der Waals surface area contributed by atoms with Crippen molar-refractivity contribution in [3.05, 3.63) is 373 Å². The monoisotopic (exact) mass is 1360 g/mol. The highest BCUT2D eigenvalue weighted by atomic mass is 15.2. The minimum Gasteiger partial charge on any atom is -0.311 e. The molecule has 6 aliphatic rings. The standard InChI is InChI=1S/C98H74B2N6/c1-63-89-93(105(71-47-27-13-28-48-71)85-61-77-75-57-55-73(101(65-35-15-7-16-36-65)66-37-17-8-18-38-66)59-79(75)97(3,4)87(77)95-91(85)99(89)81-51-31-33-53-83(81)103(95)69-43-23-11-24-44-69)64(2)94-90(63)100-82-52-32-34-54-84(82)104(70-45-25-12-26-46-70)96-88-78(62-86(92(96)100)106(94)72-49-29-14-30-50-72)76-58-56-74(60-80(76)98(88,5)6)102(67-39-19-9-20-40-67)68-41-21-10-22-42-68/h7-62H,1-6H3. The summed E-state index contributed by atoms with van der Waals surface area (Å²) in [6.07, 6.45) is 0. The van der Waals surface area contributed by atoms with E-state index in [2.05, 4.69) is 411 Å².